The maximum Gasteiger partial charge on any atom is 0.335 e. The molecule has 2 heterocycles. The van der Waals surface area contributed by atoms with Crippen LogP contribution in [-0.2, 0) is 9.59 Å². The number of benzene rings is 2. The Hall–Kier alpha value is -4.66. The van der Waals surface area contributed by atoms with E-state index in [-0.39, 0.29) is 17.0 Å². The first-order valence-corrected chi connectivity index (χ1v) is 9.95. The summed E-state index contributed by atoms with van der Waals surface area (Å²) < 4.78 is 5.68. The molecular formula is C24H19N3O6. The number of carbonyl (C=O) groups is 4. The summed E-state index contributed by atoms with van der Waals surface area (Å²) in [5, 5.41) is 14.2. The van der Waals surface area contributed by atoms with Gasteiger partial charge in [-0.25, -0.2) is 14.5 Å². The molecule has 3 N–H and O–H groups in total. The van der Waals surface area contributed by atoms with Crippen LogP contribution in [0.15, 0.2) is 70.8 Å². The van der Waals surface area contributed by atoms with Crippen molar-refractivity contribution in [3.63, 3.8) is 0 Å². The minimum absolute atomic E-state index is 0.0386. The molecule has 0 aliphatic carbocycles. The van der Waals surface area contributed by atoms with Crippen molar-refractivity contribution in [1.29, 1.82) is 0 Å². The fourth-order valence-electron chi connectivity index (χ4n) is 3.23. The molecule has 1 saturated heterocycles. The molecule has 3 aromatic rings. The van der Waals surface area contributed by atoms with Crippen molar-refractivity contribution in [3.05, 3.63) is 83.2 Å². The summed E-state index contributed by atoms with van der Waals surface area (Å²) in [6.45, 7) is 1.48. The predicted octanol–water partition coefficient (Wildman–Crippen LogP) is 3.48. The Morgan fingerprint density at radius 2 is 1.85 bits per heavy atom. The van der Waals surface area contributed by atoms with Gasteiger partial charge in [0.1, 0.15) is 23.8 Å². The number of nitrogens with zero attached hydrogens (tertiary/aromatic N) is 1. The van der Waals surface area contributed by atoms with Crippen molar-refractivity contribution in [3.8, 4) is 11.3 Å². The molecule has 0 saturated carbocycles. The molecule has 1 aliphatic rings. The Kier molecular flexibility index (Phi) is 5.77. The zero-order chi connectivity index (χ0) is 23.5. The van der Waals surface area contributed by atoms with Crippen LogP contribution in [0.25, 0.3) is 17.4 Å². The number of hydrogen-bond acceptors (Lipinski definition) is 5. The molecular weight excluding hydrogens is 426 g/mol. The summed E-state index contributed by atoms with van der Waals surface area (Å²) in [4.78, 5) is 49.1. The van der Waals surface area contributed by atoms with Crippen LogP contribution in [0.4, 0.5) is 10.5 Å². The van der Waals surface area contributed by atoms with Crippen molar-refractivity contribution in [2.75, 3.05) is 11.9 Å². The van der Waals surface area contributed by atoms with Crippen molar-refractivity contribution < 1.29 is 28.7 Å². The van der Waals surface area contributed by atoms with E-state index >= 15 is 0 Å². The van der Waals surface area contributed by atoms with Crippen LogP contribution in [0.2, 0.25) is 0 Å². The third kappa shape index (κ3) is 4.82. The lowest BCUT2D eigenvalue weighted by Gasteiger charge is -2.12. The van der Waals surface area contributed by atoms with Crippen LogP contribution >= 0.6 is 0 Å². The van der Waals surface area contributed by atoms with Crippen LogP contribution < -0.4 is 10.6 Å². The molecule has 0 unspecified atom stereocenters. The number of carboxylic acids is 1. The van der Waals surface area contributed by atoms with E-state index in [1.54, 1.807) is 36.4 Å². The lowest BCUT2D eigenvalue weighted by atomic mass is 10.1. The van der Waals surface area contributed by atoms with Gasteiger partial charge < -0.3 is 20.2 Å². The number of anilines is 1. The van der Waals surface area contributed by atoms with Crippen LogP contribution in [0.1, 0.15) is 21.7 Å². The molecule has 4 rings (SSSR count). The quantitative estimate of drug-likeness (QED) is 0.394. The monoisotopic (exact) mass is 445 g/mol. The average molecular weight is 445 g/mol. The zero-order valence-corrected chi connectivity index (χ0v) is 17.5. The van der Waals surface area contributed by atoms with Crippen LogP contribution in [0.3, 0.4) is 0 Å². The second-order valence-corrected chi connectivity index (χ2v) is 7.38. The Morgan fingerprint density at radius 3 is 2.58 bits per heavy atom. The first kappa shape index (κ1) is 21.6. The topological polar surface area (TPSA) is 129 Å². The molecule has 2 aromatic carbocycles. The van der Waals surface area contributed by atoms with Crippen molar-refractivity contribution >= 4 is 35.6 Å². The summed E-state index contributed by atoms with van der Waals surface area (Å²) in [6.07, 6.45) is 1.35. The summed E-state index contributed by atoms with van der Waals surface area (Å²) >= 11 is 0. The molecule has 9 nitrogen and oxygen atoms in total. The molecule has 33 heavy (non-hydrogen) atoms. The van der Waals surface area contributed by atoms with Gasteiger partial charge in [0.15, 0.2) is 0 Å². The predicted molar refractivity (Wildman–Crippen MR) is 119 cm³/mol. The van der Waals surface area contributed by atoms with E-state index in [9.17, 15) is 19.2 Å². The molecule has 0 bridgehead atoms. The number of urea groups is 1. The van der Waals surface area contributed by atoms with Gasteiger partial charge in [0, 0.05) is 17.3 Å². The number of hydrogen-bond donors (Lipinski definition) is 3. The zero-order valence-electron chi connectivity index (χ0n) is 17.5. The van der Waals surface area contributed by atoms with Crippen LogP contribution in [0.5, 0.6) is 0 Å². The van der Waals surface area contributed by atoms with E-state index in [1.165, 1.54) is 18.2 Å². The molecule has 4 amide bonds. The molecule has 1 aliphatic heterocycles. The van der Waals surface area contributed by atoms with Gasteiger partial charge in [-0.1, -0.05) is 29.8 Å². The smallest absolute Gasteiger partial charge is 0.335 e. The van der Waals surface area contributed by atoms with E-state index in [0.717, 1.165) is 10.5 Å². The second kappa shape index (κ2) is 8.83. The highest BCUT2D eigenvalue weighted by atomic mass is 16.4. The third-order valence-corrected chi connectivity index (χ3v) is 4.91. The second-order valence-electron chi connectivity index (χ2n) is 7.38. The Morgan fingerprint density at radius 1 is 1.09 bits per heavy atom. The number of aryl methyl sites for hydroxylation is 1. The summed E-state index contributed by atoms with van der Waals surface area (Å²) in [5.74, 6) is -1.56. The number of nitrogens with one attached hydrogen (secondary N) is 2. The summed E-state index contributed by atoms with van der Waals surface area (Å²) in [7, 11) is 0. The van der Waals surface area contributed by atoms with E-state index in [0.29, 0.717) is 17.0 Å². The van der Waals surface area contributed by atoms with Crippen molar-refractivity contribution in [2.24, 2.45) is 0 Å². The number of carbonyl (C=O) groups excluding carboxylic acids is 3. The third-order valence-electron chi connectivity index (χ3n) is 4.91. The van der Waals surface area contributed by atoms with Gasteiger partial charge in [-0.05, 0) is 43.3 Å². The van der Waals surface area contributed by atoms with Gasteiger partial charge in [0.2, 0.25) is 5.91 Å². The Balaban J connectivity index is 1.45. The number of carboxylic acid groups (broad SMARTS) is 1. The highest BCUT2D eigenvalue weighted by Crippen LogP contribution is 2.25. The molecule has 0 spiro atoms. The highest BCUT2D eigenvalue weighted by Gasteiger charge is 2.35. The maximum atomic E-state index is 12.6. The minimum atomic E-state index is -1.06. The average Bonchev–Trinajstić information content (AvgIpc) is 3.36. The van der Waals surface area contributed by atoms with E-state index in [4.69, 9.17) is 9.52 Å². The number of furan rings is 1. The number of imide groups is 1. The van der Waals surface area contributed by atoms with Crippen molar-refractivity contribution in [2.45, 2.75) is 6.92 Å². The Bertz CT molecular complexity index is 1290. The normalized spacial score (nSPS) is 14.5. The molecule has 0 atom stereocenters. The lowest BCUT2D eigenvalue weighted by Crippen LogP contribution is -2.38. The van der Waals surface area contributed by atoms with E-state index < -0.39 is 30.4 Å². The van der Waals surface area contributed by atoms with Crippen LogP contribution in [0, 0.1) is 6.92 Å². The fourth-order valence-corrected chi connectivity index (χ4v) is 3.23. The SMILES string of the molecule is Cc1ccc(NC(=O)CN2C(=O)N/C(=C/c3ccc(-c4cccc(C(=O)O)c4)o3)C2=O)cc1. The number of rotatable bonds is 6. The minimum Gasteiger partial charge on any atom is -0.478 e. The fraction of sp³-hybridized carbons (Fsp3) is 0.0833. The Labute approximate surface area is 188 Å². The summed E-state index contributed by atoms with van der Waals surface area (Å²) in [5.41, 5.74) is 2.22. The number of amides is 4. The lowest BCUT2D eigenvalue weighted by molar-refractivity contribution is -0.127. The molecule has 0 radical (unpaired) electrons. The van der Waals surface area contributed by atoms with Gasteiger partial charge in [-0.3, -0.25) is 9.59 Å². The summed E-state index contributed by atoms with van der Waals surface area (Å²) in [6, 6.07) is 15.8. The van der Waals surface area contributed by atoms with Gasteiger partial charge in [-0.2, -0.15) is 0 Å². The van der Waals surface area contributed by atoms with Crippen molar-refractivity contribution in [1.82, 2.24) is 10.2 Å². The standard InChI is InChI=1S/C24H19N3O6/c1-14-5-7-17(8-6-14)25-21(28)13-27-22(29)19(26-24(27)32)12-18-9-10-20(33-18)15-3-2-4-16(11-15)23(30)31/h2-12H,13H2,1H3,(H,25,28)(H,26,32)(H,30,31)/b19-12+. The van der Waals surface area contributed by atoms with Gasteiger partial charge in [0.05, 0.1) is 5.56 Å². The molecule has 1 fully saturated rings. The maximum absolute atomic E-state index is 12.6. The van der Waals surface area contributed by atoms with E-state index in [1.807, 2.05) is 19.1 Å². The van der Waals surface area contributed by atoms with Gasteiger partial charge >= 0.3 is 12.0 Å². The first-order valence-electron chi connectivity index (χ1n) is 9.95. The largest absolute Gasteiger partial charge is 0.478 e. The van der Waals surface area contributed by atoms with Gasteiger partial charge in [-0.15, -0.1) is 0 Å². The molecule has 166 valence electrons. The van der Waals surface area contributed by atoms with E-state index in [2.05, 4.69) is 10.6 Å². The molecule has 1 aromatic heterocycles. The van der Waals surface area contributed by atoms with Gasteiger partial charge in [0.25, 0.3) is 5.91 Å². The van der Waals surface area contributed by atoms with Crippen LogP contribution in [-0.4, -0.2) is 40.4 Å². The first-order chi connectivity index (χ1) is 15.8. The number of aromatic carboxylic acids is 1. The highest BCUT2D eigenvalue weighted by molar-refractivity contribution is 6.15. The molecule has 9 heteroatoms.